The Labute approximate surface area is 159 Å². The molecule has 0 spiro atoms. The monoisotopic (exact) mass is 371 g/mol. The number of carbonyl (C=O) groups excluding carboxylic acids is 2. The second-order valence-corrected chi connectivity index (χ2v) is 6.10. The van der Waals surface area contributed by atoms with Crippen molar-refractivity contribution in [3.63, 3.8) is 0 Å². The highest BCUT2D eigenvalue weighted by atomic mass is 16.5. The van der Waals surface area contributed by atoms with Crippen molar-refractivity contribution in [1.82, 2.24) is 0 Å². The standard InChI is InChI=1S/C21H25NO5/c1-6-26-17-11-10-16(12-18(17)25-5)21(24)27-15(4)20(23)22-19-13(2)8-7-9-14(19)3/h7-12,15H,6H2,1-5H3,(H,22,23)/t15-/m0/s1. The molecule has 2 rings (SSSR count). The third kappa shape index (κ3) is 5.00. The van der Waals surface area contributed by atoms with Crippen LogP contribution in [0.4, 0.5) is 5.69 Å². The minimum atomic E-state index is -0.950. The van der Waals surface area contributed by atoms with Crippen molar-refractivity contribution in [2.24, 2.45) is 0 Å². The van der Waals surface area contributed by atoms with Crippen molar-refractivity contribution < 1.29 is 23.8 Å². The minimum absolute atomic E-state index is 0.280. The Kier molecular flexibility index (Phi) is 6.82. The summed E-state index contributed by atoms with van der Waals surface area (Å²) in [7, 11) is 1.49. The molecule has 6 heteroatoms. The van der Waals surface area contributed by atoms with Crippen LogP contribution in [-0.2, 0) is 9.53 Å². The van der Waals surface area contributed by atoms with Gasteiger partial charge in [0.1, 0.15) is 0 Å². The van der Waals surface area contributed by atoms with Gasteiger partial charge >= 0.3 is 5.97 Å². The number of benzene rings is 2. The lowest BCUT2D eigenvalue weighted by atomic mass is 10.1. The normalized spacial score (nSPS) is 11.4. The summed E-state index contributed by atoms with van der Waals surface area (Å²) in [6.45, 7) is 7.69. The average Bonchev–Trinajstić information content (AvgIpc) is 2.65. The molecule has 6 nitrogen and oxygen atoms in total. The summed E-state index contributed by atoms with van der Waals surface area (Å²) < 4.78 is 16.0. The van der Waals surface area contributed by atoms with Crippen LogP contribution in [0.25, 0.3) is 0 Å². The maximum Gasteiger partial charge on any atom is 0.339 e. The molecule has 0 unspecified atom stereocenters. The zero-order chi connectivity index (χ0) is 20.0. The summed E-state index contributed by atoms with van der Waals surface area (Å²) in [5.41, 5.74) is 2.89. The Bertz CT molecular complexity index is 811. The molecule has 1 atom stereocenters. The van der Waals surface area contributed by atoms with E-state index in [0.29, 0.717) is 18.1 Å². The van der Waals surface area contributed by atoms with E-state index >= 15 is 0 Å². The lowest BCUT2D eigenvalue weighted by molar-refractivity contribution is -0.123. The first-order chi connectivity index (χ1) is 12.9. The molecule has 0 aromatic heterocycles. The fourth-order valence-electron chi connectivity index (χ4n) is 2.59. The van der Waals surface area contributed by atoms with Crippen molar-refractivity contribution in [3.05, 3.63) is 53.1 Å². The highest BCUT2D eigenvalue weighted by molar-refractivity contribution is 5.98. The molecular weight excluding hydrogens is 346 g/mol. The number of anilines is 1. The van der Waals surface area contributed by atoms with E-state index in [0.717, 1.165) is 16.8 Å². The average molecular weight is 371 g/mol. The van der Waals surface area contributed by atoms with Gasteiger partial charge in [-0.25, -0.2) is 4.79 Å². The number of rotatable bonds is 7. The number of ether oxygens (including phenoxy) is 3. The molecule has 0 fully saturated rings. The van der Waals surface area contributed by atoms with Crippen LogP contribution < -0.4 is 14.8 Å². The van der Waals surface area contributed by atoms with Crippen LogP contribution in [-0.4, -0.2) is 31.7 Å². The van der Waals surface area contributed by atoms with Crippen molar-refractivity contribution >= 4 is 17.6 Å². The van der Waals surface area contributed by atoms with Gasteiger partial charge in [-0.15, -0.1) is 0 Å². The number of hydrogen-bond donors (Lipinski definition) is 1. The maximum absolute atomic E-state index is 12.4. The van der Waals surface area contributed by atoms with E-state index in [1.807, 2.05) is 39.0 Å². The van der Waals surface area contributed by atoms with E-state index in [1.54, 1.807) is 12.1 Å². The van der Waals surface area contributed by atoms with Crippen LogP contribution in [0.15, 0.2) is 36.4 Å². The van der Waals surface area contributed by atoms with Gasteiger partial charge in [0.05, 0.1) is 19.3 Å². The molecule has 0 aliphatic carbocycles. The van der Waals surface area contributed by atoms with E-state index in [4.69, 9.17) is 14.2 Å². The Balaban J connectivity index is 2.07. The lowest BCUT2D eigenvalue weighted by Gasteiger charge is -2.16. The summed E-state index contributed by atoms with van der Waals surface area (Å²) in [5.74, 6) is -0.0320. The van der Waals surface area contributed by atoms with Crippen LogP contribution in [0.5, 0.6) is 11.5 Å². The predicted molar refractivity (Wildman–Crippen MR) is 104 cm³/mol. The van der Waals surface area contributed by atoms with Crippen LogP contribution in [0.3, 0.4) is 0 Å². The number of esters is 1. The molecule has 1 N–H and O–H groups in total. The Hall–Kier alpha value is -3.02. The predicted octanol–water partition coefficient (Wildman–Crippen LogP) is 3.89. The van der Waals surface area contributed by atoms with Gasteiger partial charge in [0, 0.05) is 5.69 Å². The summed E-state index contributed by atoms with van der Waals surface area (Å²) >= 11 is 0. The fourth-order valence-corrected chi connectivity index (χ4v) is 2.59. The molecule has 0 aliphatic heterocycles. The molecule has 2 aromatic rings. The number of carbonyl (C=O) groups is 2. The molecule has 0 aliphatic rings. The van der Waals surface area contributed by atoms with Crippen LogP contribution >= 0.6 is 0 Å². The summed E-state index contributed by atoms with van der Waals surface area (Å²) in [6, 6.07) is 10.5. The summed E-state index contributed by atoms with van der Waals surface area (Å²) in [4.78, 5) is 24.8. The Morgan fingerprint density at radius 2 is 1.74 bits per heavy atom. The smallest absolute Gasteiger partial charge is 0.339 e. The molecule has 0 saturated carbocycles. The van der Waals surface area contributed by atoms with E-state index in [1.165, 1.54) is 20.1 Å². The number of methoxy groups -OCH3 is 1. The van der Waals surface area contributed by atoms with E-state index in [2.05, 4.69) is 5.32 Å². The Morgan fingerprint density at radius 1 is 1.07 bits per heavy atom. The number of nitrogens with one attached hydrogen (secondary N) is 1. The molecule has 0 bridgehead atoms. The highest BCUT2D eigenvalue weighted by Crippen LogP contribution is 2.28. The molecule has 0 radical (unpaired) electrons. The number of para-hydroxylation sites is 1. The maximum atomic E-state index is 12.4. The molecule has 27 heavy (non-hydrogen) atoms. The topological polar surface area (TPSA) is 73.9 Å². The van der Waals surface area contributed by atoms with Gasteiger partial charge in [-0.1, -0.05) is 18.2 Å². The van der Waals surface area contributed by atoms with E-state index in [-0.39, 0.29) is 5.56 Å². The van der Waals surface area contributed by atoms with Crippen molar-refractivity contribution in [2.75, 3.05) is 19.0 Å². The first-order valence-electron chi connectivity index (χ1n) is 8.76. The molecular formula is C21H25NO5. The van der Waals surface area contributed by atoms with Crippen LogP contribution in [0.1, 0.15) is 35.3 Å². The van der Waals surface area contributed by atoms with E-state index in [9.17, 15) is 9.59 Å². The van der Waals surface area contributed by atoms with Gasteiger partial charge in [-0.05, 0) is 57.0 Å². The quantitative estimate of drug-likeness (QED) is 0.748. The molecule has 0 saturated heterocycles. The number of aryl methyl sites for hydroxylation is 2. The molecule has 1 amide bonds. The fraction of sp³-hybridized carbons (Fsp3) is 0.333. The largest absolute Gasteiger partial charge is 0.493 e. The second-order valence-electron chi connectivity index (χ2n) is 6.10. The van der Waals surface area contributed by atoms with Crippen LogP contribution in [0.2, 0.25) is 0 Å². The zero-order valence-electron chi connectivity index (χ0n) is 16.3. The van der Waals surface area contributed by atoms with Crippen LogP contribution in [0, 0.1) is 13.8 Å². The third-order valence-electron chi connectivity index (χ3n) is 4.08. The van der Waals surface area contributed by atoms with Gasteiger partial charge in [0.2, 0.25) is 0 Å². The first kappa shape index (κ1) is 20.3. The molecule has 0 heterocycles. The summed E-state index contributed by atoms with van der Waals surface area (Å²) in [6.07, 6.45) is -0.950. The number of amides is 1. The van der Waals surface area contributed by atoms with Gasteiger partial charge in [-0.2, -0.15) is 0 Å². The van der Waals surface area contributed by atoms with Gasteiger partial charge in [0.15, 0.2) is 17.6 Å². The van der Waals surface area contributed by atoms with Gasteiger partial charge in [-0.3, -0.25) is 4.79 Å². The van der Waals surface area contributed by atoms with Crippen molar-refractivity contribution in [2.45, 2.75) is 33.8 Å². The van der Waals surface area contributed by atoms with Gasteiger partial charge in [0.25, 0.3) is 5.91 Å². The number of hydrogen-bond acceptors (Lipinski definition) is 5. The zero-order valence-corrected chi connectivity index (χ0v) is 16.3. The molecule has 2 aromatic carbocycles. The van der Waals surface area contributed by atoms with E-state index < -0.39 is 18.0 Å². The first-order valence-corrected chi connectivity index (χ1v) is 8.76. The minimum Gasteiger partial charge on any atom is -0.493 e. The van der Waals surface area contributed by atoms with Crippen molar-refractivity contribution in [1.29, 1.82) is 0 Å². The summed E-state index contributed by atoms with van der Waals surface area (Å²) in [5, 5.41) is 2.82. The lowest BCUT2D eigenvalue weighted by Crippen LogP contribution is -2.30. The SMILES string of the molecule is CCOc1ccc(C(=O)O[C@@H](C)C(=O)Nc2c(C)cccc2C)cc1OC. The van der Waals surface area contributed by atoms with Gasteiger partial charge < -0.3 is 19.5 Å². The highest BCUT2D eigenvalue weighted by Gasteiger charge is 2.21. The van der Waals surface area contributed by atoms with Crippen molar-refractivity contribution in [3.8, 4) is 11.5 Å². The molecule has 144 valence electrons. The second kappa shape index (κ2) is 9.07. The third-order valence-corrected chi connectivity index (χ3v) is 4.08. The Morgan fingerprint density at radius 3 is 2.33 bits per heavy atom.